The van der Waals surface area contributed by atoms with Crippen molar-refractivity contribution in [2.75, 3.05) is 23.8 Å². The monoisotopic (exact) mass is 304 g/mol. The van der Waals surface area contributed by atoms with Crippen molar-refractivity contribution >= 4 is 28.9 Å². The molecule has 0 atom stereocenters. The first kappa shape index (κ1) is 15.2. The number of hydrogen-bond acceptors (Lipinski definition) is 3. The molecule has 0 saturated carbocycles. The maximum atomic E-state index is 11.9. The van der Waals surface area contributed by atoms with E-state index in [4.69, 9.17) is 16.3 Å². The molecule has 2 N–H and O–H groups in total. The molecule has 0 heterocycles. The van der Waals surface area contributed by atoms with Crippen LogP contribution in [0, 0.1) is 0 Å². The predicted octanol–water partition coefficient (Wildman–Crippen LogP) is 3.79. The molecule has 0 saturated heterocycles. The number of benzene rings is 2. The van der Waals surface area contributed by atoms with Gasteiger partial charge in [-0.05, 0) is 43.3 Å². The third-order valence-electron chi connectivity index (χ3n) is 2.75. The van der Waals surface area contributed by atoms with Gasteiger partial charge in [0, 0.05) is 10.7 Å². The minimum absolute atomic E-state index is 0.136. The molecular weight excluding hydrogens is 288 g/mol. The summed E-state index contributed by atoms with van der Waals surface area (Å²) < 4.78 is 5.49. The largest absolute Gasteiger partial charge is 0.492 e. The van der Waals surface area contributed by atoms with Gasteiger partial charge in [0.1, 0.15) is 5.75 Å². The highest BCUT2D eigenvalue weighted by molar-refractivity contribution is 6.30. The van der Waals surface area contributed by atoms with Crippen molar-refractivity contribution in [2.24, 2.45) is 0 Å². The van der Waals surface area contributed by atoms with Gasteiger partial charge in [0.25, 0.3) is 0 Å². The molecule has 2 aromatic rings. The van der Waals surface area contributed by atoms with E-state index in [-0.39, 0.29) is 12.5 Å². The smallest absolute Gasteiger partial charge is 0.243 e. The summed E-state index contributed by atoms with van der Waals surface area (Å²) in [5, 5.41) is 6.49. The topological polar surface area (TPSA) is 50.4 Å². The van der Waals surface area contributed by atoms with E-state index < -0.39 is 0 Å². The van der Waals surface area contributed by atoms with Gasteiger partial charge in [-0.25, -0.2) is 0 Å². The van der Waals surface area contributed by atoms with Crippen molar-refractivity contribution in [1.82, 2.24) is 0 Å². The molecule has 0 radical (unpaired) electrons. The lowest BCUT2D eigenvalue weighted by Gasteiger charge is -2.12. The third kappa shape index (κ3) is 4.68. The first-order valence-electron chi connectivity index (χ1n) is 6.70. The van der Waals surface area contributed by atoms with Crippen molar-refractivity contribution in [1.29, 1.82) is 0 Å². The van der Waals surface area contributed by atoms with E-state index in [1.807, 2.05) is 31.2 Å². The van der Waals surface area contributed by atoms with Crippen molar-refractivity contribution in [3.05, 3.63) is 53.6 Å². The van der Waals surface area contributed by atoms with E-state index in [0.29, 0.717) is 17.3 Å². The highest BCUT2D eigenvalue weighted by atomic mass is 35.5. The summed E-state index contributed by atoms with van der Waals surface area (Å²) in [7, 11) is 0. The predicted molar refractivity (Wildman–Crippen MR) is 86.2 cm³/mol. The molecule has 0 aliphatic rings. The van der Waals surface area contributed by atoms with E-state index >= 15 is 0 Å². The average Bonchev–Trinajstić information content (AvgIpc) is 2.49. The van der Waals surface area contributed by atoms with Crippen LogP contribution in [0.5, 0.6) is 5.75 Å². The van der Waals surface area contributed by atoms with Crippen LogP contribution in [-0.2, 0) is 4.79 Å². The van der Waals surface area contributed by atoms with Crippen LogP contribution in [0.25, 0.3) is 0 Å². The second-order valence-corrected chi connectivity index (χ2v) is 4.77. The van der Waals surface area contributed by atoms with Gasteiger partial charge in [-0.1, -0.05) is 23.7 Å². The fourth-order valence-corrected chi connectivity index (χ4v) is 1.93. The summed E-state index contributed by atoms with van der Waals surface area (Å²) in [6, 6.07) is 14.5. The summed E-state index contributed by atoms with van der Waals surface area (Å²) in [5.74, 6) is 0.600. The Morgan fingerprint density at radius 3 is 2.57 bits per heavy atom. The van der Waals surface area contributed by atoms with E-state index in [1.165, 1.54) is 0 Å². The molecule has 0 aliphatic carbocycles. The second-order valence-electron chi connectivity index (χ2n) is 4.34. The number of nitrogens with one attached hydrogen (secondary N) is 2. The van der Waals surface area contributed by atoms with Crippen molar-refractivity contribution in [3.63, 3.8) is 0 Å². The molecule has 110 valence electrons. The fourth-order valence-electron chi connectivity index (χ4n) is 1.81. The third-order valence-corrected chi connectivity index (χ3v) is 3.01. The summed E-state index contributed by atoms with van der Waals surface area (Å²) in [5.41, 5.74) is 1.51. The summed E-state index contributed by atoms with van der Waals surface area (Å²) in [6.07, 6.45) is 0. The number of amides is 1. The van der Waals surface area contributed by atoms with Gasteiger partial charge in [-0.15, -0.1) is 0 Å². The zero-order chi connectivity index (χ0) is 15.1. The molecule has 0 fully saturated rings. The van der Waals surface area contributed by atoms with Crippen LogP contribution in [0.2, 0.25) is 5.02 Å². The lowest BCUT2D eigenvalue weighted by Crippen LogP contribution is -2.21. The first-order chi connectivity index (χ1) is 10.2. The van der Waals surface area contributed by atoms with Crippen LogP contribution in [0.15, 0.2) is 48.5 Å². The average molecular weight is 305 g/mol. The Balaban J connectivity index is 1.90. The van der Waals surface area contributed by atoms with Crippen LogP contribution in [0.1, 0.15) is 6.92 Å². The molecule has 0 spiro atoms. The Bertz CT molecular complexity index is 599. The Labute approximate surface area is 129 Å². The number of carbonyl (C=O) groups excluding carboxylic acids is 1. The van der Waals surface area contributed by atoms with Gasteiger partial charge in [-0.2, -0.15) is 0 Å². The number of hydrogen-bond donors (Lipinski definition) is 2. The van der Waals surface area contributed by atoms with Crippen LogP contribution in [0.3, 0.4) is 0 Å². The molecule has 1 amide bonds. The molecule has 5 heteroatoms. The molecule has 2 aromatic carbocycles. The highest BCUT2D eigenvalue weighted by Gasteiger charge is 2.05. The van der Waals surface area contributed by atoms with Crippen molar-refractivity contribution < 1.29 is 9.53 Å². The van der Waals surface area contributed by atoms with Crippen molar-refractivity contribution in [2.45, 2.75) is 6.92 Å². The number of rotatable bonds is 6. The first-order valence-corrected chi connectivity index (χ1v) is 7.08. The van der Waals surface area contributed by atoms with E-state index in [1.54, 1.807) is 24.3 Å². The number of halogens is 1. The molecule has 0 bridgehead atoms. The number of para-hydroxylation sites is 2. The summed E-state index contributed by atoms with van der Waals surface area (Å²) in [6.45, 7) is 2.66. The summed E-state index contributed by atoms with van der Waals surface area (Å²) in [4.78, 5) is 11.9. The Hall–Kier alpha value is -2.20. The SMILES string of the molecule is CCOc1ccccc1NCC(=O)Nc1ccc(Cl)cc1. The van der Waals surface area contributed by atoms with Crippen LogP contribution >= 0.6 is 11.6 Å². The molecule has 2 rings (SSSR count). The van der Waals surface area contributed by atoms with E-state index in [0.717, 1.165) is 11.4 Å². The van der Waals surface area contributed by atoms with E-state index in [9.17, 15) is 4.79 Å². The molecule has 0 aliphatic heterocycles. The quantitative estimate of drug-likeness (QED) is 0.853. The zero-order valence-corrected chi connectivity index (χ0v) is 12.5. The maximum absolute atomic E-state index is 11.9. The maximum Gasteiger partial charge on any atom is 0.243 e. The second kappa shape index (κ2) is 7.55. The van der Waals surface area contributed by atoms with Gasteiger partial charge < -0.3 is 15.4 Å². The Morgan fingerprint density at radius 2 is 1.86 bits per heavy atom. The van der Waals surface area contributed by atoms with Crippen LogP contribution < -0.4 is 15.4 Å². The van der Waals surface area contributed by atoms with Crippen molar-refractivity contribution in [3.8, 4) is 5.75 Å². The summed E-state index contributed by atoms with van der Waals surface area (Å²) >= 11 is 5.80. The minimum Gasteiger partial charge on any atom is -0.492 e. The van der Waals surface area contributed by atoms with Gasteiger partial charge in [0.05, 0.1) is 18.8 Å². The molecular formula is C16H17ClN2O2. The molecule has 21 heavy (non-hydrogen) atoms. The number of anilines is 2. The van der Waals surface area contributed by atoms with E-state index in [2.05, 4.69) is 10.6 Å². The van der Waals surface area contributed by atoms with Gasteiger partial charge >= 0.3 is 0 Å². The number of ether oxygens (including phenoxy) is 1. The molecule has 0 aromatic heterocycles. The molecule has 0 unspecified atom stereocenters. The Morgan fingerprint density at radius 1 is 1.14 bits per heavy atom. The zero-order valence-electron chi connectivity index (χ0n) is 11.7. The van der Waals surface area contributed by atoms with Gasteiger partial charge in [0.2, 0.25) is 5.91 Å². The van der Waals surface area contributed by atoms with Crippen LogP contribution in [0.4, 0.5) is 11.4 Å². The Kier molecular flexibility index (Phi) is 5.46. The minimum atomic E-state index is -0.136. The highest BCUT2D eigenvalue weighted by Crippen LogP contribution is 2.23. The van der Waals surface area contributed by atoms with Gasteiger partial charge in [-0.3, -0.25) is 4.79 Å². The number of carbonyl (C=O) groups is 1. The standard InChI is InChI=1S/C16H17ClN2O2/c1-2-21-15-6-4-3-5-14(15)18-11-16(20)19-13-9-7-12(17)8-10-13/h3-10,18H,2,11H2,1H3,(H,19,20). The lowest BCUT2D eigenvalue weighted by atomic mass is 10.3. The lowest BCUT2D eigenvalue weighted by molar-refractivity contribution is -0.114. The normalized spacial score (nSPS) is 10.0. The van der Waals surface area contributed by atoms with Crippen LogP contribution in [-0.4, -0.2) is 19.1 Å². The van der Waals surface area contributed by atoms with Gasteiger partial charge in [0.15, 0.2) is 0 Å². The fraction of sp³-hybridized carbons (Fsp3) is 0.188. The molecule has 4 nitrogen and oxygen atoms in total.